The maximum atomic E-state index is 13.2. The quantitative estimate of drug-likeness (QED) is 0.542. The lowest BCUT2D eigenvalue weighted by Crippen LogP contribution is -1.94. The third-order valence-corrected chi connectivity index (χ3v) is 3.47. The SMILES string of the molecule is C.Nc1cc(-c2ccn3c(n2)nc2ccccc23)ccc1F. The molecule has 0 aliphatic carbocycles. The third kappa shape index (κ3) is 2.07. The second-order valence-corrected chi connectivity index (χ2v) is 4.82. The highest BCUT2D eigenvalue weighted by Gasteiger charge is 2.08. The van der Waals surface area contributed by atoms with Gasteiger partial charge >= 0.3 is 0 Å². The van der Waals surface area contributed by atoms with Crippen LogP contribution in [0.15, 0.2) is 54.7 Å². The largest absolute Gasteiger partial charge is 0.396 e. The molecule has 0 aliphatic heterocycles. The molecule has 110 valence electrons. The van der Waals surface area contributed by atoms with Gasteiger partial charge in [0.2, 0.25) is 5.78 Å². The number of benzene rings is 2. The summed E-state index contributed by atoms with van der Waals surface area (Å²) in [6, 6.07) is 14.3. The number of aromatic nitrogens is 3. The summed E-state index contributed by atoms with van der Waals surface area (Å²) in [6.45, 7) is 0. The Morgan fingerprint density at radius 1 is 1.00 bits per heavy atom. The van der Waals surface area contributed by atoms with Gasteiger partial charge in [0.15, 0.2) is 0 Å². The summed E-state index contributed by atoms with van der Waals surface area (Å²) in [4.78, 5) is 9.02. The number of halogens is 1. The molecule has 0 fully saturated rings. The summed E-state index contributed by atoms with van der Waals surface area (Å²) in [6.07, 6.45) is 1.91. The number of fused-ring (bicyclic) bond motifs is 3. The number of imidazole rings is 1. The molecule has 4 rings (SSSR count). The summed E-state index contributed by atoms with van der Waals surface area (Å²) < 4.78 is 15.2. The maximum Gasteiger partial charge on any atom is 0.235 e. The van der Waals surface area contributed by atoms with Gasteiger partial charge in [0.25, 0.3) is 0 Å². The van der Waals surface area contributed by atoms with Crippen LogP contribution in [-0.2, 0) is 0 Å². The first-order chi connectivity index (χ1) is 10.2. The average Bonchev–Trinajstić information content (AvgIpc) is 2.87. The van der Waals surface area contributed by atoms with Gasteiger partial charge in [0, 0.05) is 11.8 Å². The normalized spacial score (nSPS) is 10.8. The lowest BCUT2D eigenvalue weighted by Gasteiger charge is -2.03. The van der Waals surface area contributed by atoms with Crippen LogP contribution in [0.25, 0.3) is 28.1 Å². The molecule has 2 heterocycles. The summed E-state index contributed by atoms with van der Waals surface area (Å²) in [5.41, 5.74) is 9.10. The molecule has 0 saturated heterocycles. The van der Waals surface area contributed by atoms with Crippen LogP contribution in [-0.4, -0.2) is 14.4 Å². The fraction of sp³-hybridized carbons (Fsp3) is 0.0588. The van der Waals surface area contributed by atoms with Crippen molar-refractivity contribution < 1.29 is 4.39 Å². The van der Waals surface area contributed by atoms with Crippen molar-refractivity contribution in [2.45, 2.75) is 7.43 Å². The van der Waals surface area contributed by atoms with Gasteiger partial charge in [-0.25, -0.2) is 14.4 Å². The van der Waals surface area contributed by atoms with Gasteiger partial charge < -0.3 is 5.73 Å². The first-order valence-corrected chi connectivity index (χ1v) is 6.51. The predicted molar refractivity (Wildman–Crippen MR) is 87.0 cm³/mol. The van der Waals surface area contributed by atoms with Crippen molar-refractivity contribution in [3.05, 3.63) is 60.5 Å². The number of nitrogens with zero attached hydrogens (tertiary/aromatic N) is 3. The Balaban J connectivity index is 0.00000144. The fourth-order valence-corrected chi connectivity index (χ4v) is 2.41. The molecule has 0 atom stereocenters. The Bertz CT molecular complexity index is 975. The van der Waals surface area contributed by atoms with Crippen molar-refractivity contribution in [3.63, 3.8) is 0 Å². The molecule has 0 unspecified atom stereocenters. The van der Waals surface area contributed by atoms with E-state index in [1.165, 1.54) is 6.07 Å². The summed E-state index contributed by atoms with van der Waals surface area (Å²) >= 11 is 0. The Morgan fingerprint density at radius 2 is 1.82 bits per heavy atom. The summed E-state index contributed by atoms with van der Waals surface area (Å²) in [5.74, 6) is 0.183. The van der Waals surface area contributed by atoms with Crippen LogP contribution in [0.3, 0.4) is 0 Å². The van der Waals surface area contributed by atoms with E-state index in [0.717, 1.165) is 16.6 Å². The van der Waals surface area contributed by atoms with Crippen LogP contribution in [0.1, 0.15) is 7.43 Å². The summed E-state index contributed by atoms with van der Waals surface area (Å²) in [7, 11) is 0. The van der Waals surface area contributed by atoms with Crippen LogP contribution in [0.5, 0.6) is 0 Å². The van der Waals surface area contributed by atoms with E-state index in [4.69, 9.17) is 5.73 Å². The topological polar surface area (TPSA) is 56.2 Å². The van der Waals surface area contributed by atoms with Gasteiger partial charge in [-0.1, -0.05) is 19.6 Å². The highest BCUT2D eigenvalue weighted by Crippen LogP contribution is 2.23. The lowest BCUT2D eigenvalue weighted by molar-refractivity contribution is 0.632. The van der Waals surface area contributed by atoms with Gasteiger partial charge in [0.1, 0.15) is 5.82 Å². The zero-order chi connectivity index (χ0) is 14.4. The standard InChI is InChI=1S/C16H11FN4.CH4/c17-11-6-5-10(9-12(11)18)13-7-8-21-15-4-2-1-3-14(15)20-16(21)19-13;/h1-9H,18H2;1H4. The molecular weight excluding hydrogens is 279 g/mol. The Hall–Kier alpha value is -2.95. The number of hydrogen-bond donors (Lipinski definition) is 1. The average molecular weight is 294 g/mol. The highest BCUT2D eigenvalue weighted by atomic mass is 19.1. The Labute approximate surface area is 127 Å². The molecule has 0 spiro atoms. The highest BCUT2D eigenvalue weighted by molar-refractivity contribution is 5.80. The molecule has 2 aromatic heterocycles. The van der Waals surface area contributed by atoms with Crippen molar-refractivity contribution in [3.8, 4) is 11.3 Å². The third-order valence-electron chi connectivity index (χ3n) is 3.47. The van der Waals surface area contributed by atoms with E-state index in [-0.39, 0.29) is 13.1 Å². The summed E-state index contributed by atoms with van der Waals surface area (Å²) in [5, 5.41) is 0. The molecule has 22 heavy (non-hydrogen) atoms. The molecule has 2 aromatic carbocycles. The van der Waals surface area contributed by atoms with Gasteiger partial charge in [-0.15, -0.1) is 0 Å². The van der Waals surface area contributed by atoms with Crippen molar-refractivity contribution in [1.82, 2.24) is 14.4 Å². The number of rotatable bonds is 1. The van der Waals surface area contributed by atoms with Crippen molar-refractivity contribution in [2.75, 3.05) is 5.73 Å². The van der Waals surface area contributed by atoms with Gasteiger partial charge in [-0.05, 0) is 36.4 Å². The molecule has 2 N–H and O–H groups in total. The number of nitrogen functional groups attached to an aromatic ring is 1. The van der Waals surface area contributed by atoms with Crippen LogP contribution < -0.4 is 5.73 Å². The second-order valence-electron chi connectivity index (χ2n) is 4.82. The van der Waals surface area contributed by atoms with E-state index >= 15 is 0 Å². The van der Waals surface area contributed by atoms with Gasteiger partial charge in [-0.3, -0.25) is 4.40 Å². The molecular formula is C17H15FN4. The van der Waals surface area contributed by atoms with Crippen LogP contribution in [0.2, 0.25) is 0 Å². The van der Waals surface area contributed by atoms with E-state index in [2.05, 4.69) is 9.97 Å². The van der Waals surface area contributed by atoms with Crippen molar-refractivity contribution in [2.24, 2.45) is 0 Å². The molecule has 0 saturated carbocycles. The molecule has 5 heteroatoms. The van der Waals surface area contributed by atoms with E-state index in [9.17, 15) is 4.39 Å². The maximum absolute atomic E-state index is 13.2. The molecule has 0 aliphatic rings. The van der Waals surface area contributed by atoms with E-state index in [1.54, 1.807) is 12.1 Å². The van der Waals surface area contributed by atoms with Crippen LogP contribution in [0.4, 0.5) is 10.1 Å². The first kappa shape index (κ1) is 14.0. The molecule has 0 amide bonds. The van der Waals surface area contributed by atoms with Gasteiger partial charge in [0.05, 0.1) is 22.4 Å². The first-order valence-electron chi connectivity index (χ1n) is 6.51. The second kappa shape index (κ2) is 5.11. The van der Waals surface area contributed by atoms with E-state index < -0.39 is 5.82 Å². The zero-order valence-electron chi connectivity index (χ0n) is 11.0. The monoisotopic (exact) mass is 294 g/mol. The van der Waals surface area contributed by atoms with Gasteiger partial charge in [-0.2, -0.15) is 0 Å². The predicted octanol–water partition coefficient (Wildman–Crippen LogP) is 3.91. The Morgan fingerprint density at radius 3 is 2.64 bits per heavy atom. The van der Waals surface area contributed by atoms with Crippen LogP contribution in [0, 0.1) is 5.82 Å². The minimum absolute atomic E-state index is 0. The smallest absolute Gasteiger partial charge is 0.235 e. The molecule has 0 bridgehead atoms. The molecule has 4 nitrogen and oxygen atoms in total. The number of para-hydroxylation sites is 2. The lowest BCUT2D eigenvalue weighted by atomic mass is 10.1. The zero-order valence-corrected chi connectivity index (χ0v) is 11.0. The number of hydrogen-bond acceptors (Lipinski definition) is 3. The molecule has 4 aromatic rings. The van der Waals surface area contributed by atoms with Crippen molar-refractivity contribution in [1.29, 1.82) is 0 Å². The van der Waals surface area contributed by atoms with E-state index in [0.29, 0.717) is 11.5 Å². The van der Waals surface area contributed by atoms with Crippen molar-refractivity contribution >= 4 is 22.5 Å². The number of anilines is 1. The van der Waals surface area contributed by atoms with Crippen LogP contribution >= 0.6 is 0 Å². The minimum Gasteiger partial charge on any atom is -0.396 e. The molecule has 0 radical (unpaired) electrons. The fourth-order valence-electron chi connectivity index (χ4n) is 2.41. The minimum atomic E-state index is -0.425. The number of nitrogens with two attached hydrogens (primary N) is 1. The van der Waals surface area contributed by atoms with E-state index in [1.807, 2.05) is 40.9 Å². The Kier molecular flexibility index (Phi) is 3.25.